The molecule has 200 valence electrons. The molecule has 0 aromatic heterocycles. The molecule has 36 heavy (non-hydrogen) atoms. The average Bonchev–Trinajstić information content (AvgIpc) is 2.78. The van der Waals surface area contributed by atoms with Crippen LogP contribution in [-0.4, -0.2) is 67.3 Å². The van der Waals surface area contributed by atoms with Crippen molar-refractivity contribution in [3.8, 4) is 0 Å². The van der Waals surface area contributed by atoms with Crippen molar-refractivity contribution in [1.82, 2.24) is 21.3 Å². The molecule has 4 N–H and O–H groups in total. The smallest absolute Gasteiger partial charge is 0.243 e. The molecule has 1 aromatic carbocycles. The van der Waals surface area contributed by atoms with Gasteiger partial charge >= 0.3 is 0 Å². The van der Waals surface area contributed by atoms with E-state index < -0.39 is 29.2 Å². The number of carbonyl (C=O) groups excluding carboxylic acids is 5. The van der Waals surface area contributed by atoms with Gasteiger partial charge in [-0.15, -0.1) is 0 Å². The standard InChI is InChI=1S/C26H40N4O6/c1-25(2,3)20(31)15-29-24(35)19(14-18-10-8-7-9-11-18)30-23(34)17-28-22(33)16-27-21(32)12-13-36-26(4,5)6/h7-11,19H,12-17H2,1-6H3,(H,27,32)(H,28,33)(H,29,35)(H,30,34)/t19-/m0/s1. The number of nitrogens with one attached hydrogen (secondary N) is 4. The number of ether oxygens (including phenoxy) is 1. The molecular weight excluding hydrogens is 464 g/mol. The van der Waals surface area contributed by atoms with Crippen LogP contribution < -0.4 is 21.3 Å². The summed E-state index contributed by atoms with van der Waals surface area (Å²) in [5, 5.41) is 10.1. The van der Waals surface area contributed by atoms with E-state index >= 15 is 0 Å². The van der Waals surface area contributed by atoms with E-state index in [1.807, 2.05) is 51.1 Å². The Labute approximate surface area is 213 Å². The monoisotopic (exact) mass is 504 g/mol. The van der Waals surface area contributed by atoms with Gasteiger partial charge in [0.2, 0.25) is 23.6 Å². The lowest BCUT2D eigenvalue weighted by molar-refractivity contribution is -0.132. The predicted molar refractivity (Wildman–Crippen MR) is 136 cm³/mol. The van der Waals surface area contributed by atoms with E-state index in [0.29, 0.717) is 0 Å². The Kier molecular flexibility index (Phi) is 12.2. The van der Waals surface area contributed by atoms with Crippen LogP contribution >= 0.6 is 0 Å². The zero-order valence-corrected chi connectivity index (χ0v) is 22.2. The van der Waals surface area contributed by atoms with Crippen LogP contribution in [0.1, 0.15) is 53.5 Å². The molecular formula is C26H40N4O6. The van der Waals surface area contributed by atoms with E-state index in [9.17, 15) is 24.0 Å². The van der Waals surface area contributed by atoms with Gasteiger partial charge in [0, 0.05) is 18.3 Å². The second-order valence-corrected chi connectivity index (χ2v) is 10.5. The van der Waals surface area contributed by atoms with Crippen LogP contribution in [-0.2, 0) is 35.1 Å². The topological polar surface area (TPSA) is 143 Å². The molecule has 1 aromatic rings. The van der Waals surface area contributed by atoms with Gasteiger partial charge in [-0.1, -0.05) is 51.1 Å². The summed E-state index contributed by atoms with van der Waals surface area (Å²) in [6.07, 6.45) is 0.321. The summed E-state index contributed by atoms with van der Waals surface area (Å²) in [6, 6.07) is 8.18. The molecule has 1 atom stereocenters. The van der Waals surface area contributed by atoms with Crippen LogP contribution in [0.2, 0.25) is 0 Å². The van der Waals surface area contributed by atoms with Gasteiger partial charge in [-0.2, -0.15) is 0 Å². The molecule has 0 fully saturated rings. The Morgan fingerprint density at radius 1 is 0.778 bits per heavy atom. The van der Waals surface area contributed by atoms with E-state index in [2.05, 4.69) is 21.3 Å². The summed E-state index contributed by atoms with van der Waals surface area (Å²) in [5.74, 6) is -2.11. The second-order valence-electron chi connectivity index (χ2n) is 10.5. The highest BCUT2D eigenvalue weighted by atomic mass is 16.5. The van der Waals surface area contributed by atoms with Crippen molar-refractivity contribution in [2.45, 2.75) is 66.0 Å². The van der Waals surface area contributed by atoms with Gasteiger partial charge in [-0.25, -0.2) is 0 Å². The van der Waals surface area contributed by atoms with E-state index in [0.717, 1.165) is 5.56 Å². The van der Waals surface area contributed by atoms with Crippen LogP contribution in [0.4, 0.5) is 0 Å². The first-order chi connectivity index (χ1) is 16.7. The first kappa shape index (κ1) is 30.8. The molecule has 10 heteroatoms. The van der Waals surface area contributed by atoms with Crippen LogP contribution in [0.5, 0.6) is 0 Å². The zero-order valence-electron chi connectivity index (χ0n) is 22.2. The van der Waals surface area contributed by atoms with Crippen molar-refractivity contribution in [2.24, 2.45) is 5.41 Å². The number of amides is 4. The molecule has 0 aliphatic carbocycles. The number of Topliss-reactive ketones (excluding diaryl/α,β-unsaturated/α-hetero) is 1. The third-order valence-electron chi connectivity index (χ3n) is 4.95. The molecule has 4 amide bonds. The largest absolute Gasteiger partial charge is 0.375 e. The van der Waals surface area contributed by atoms with Gasteiger partial charge in [0.05, 0.1) is 31.8 Å². The van der Waals surface area contributed by atoms with Crippen molar-refractivity contribution in [3.63, 3.8) is 0 Å². The fraction of sp³-hybridized carbons (Fsp3) is 0.577. The molecule has 0 radical (unpaired) electrons. The Morgan fingerprint density at radius 2 is 1.36 bits per heavy atom. The van der Waals surface area contributed by atoms with Crippen molar-refractivity contribution in [3.05, 3.63) is 35.9 Å². The summed E-state index contributed by atoms with van der Waals surface area (Å²) >= 11 is 0. The number of rotatable bonds is 13. The van der Waals surface area contributed by atoms with Gasteiger partial charge in [0.1, 0.15) is 6.04 Å². The van der Waals surface area contributed by atoms with E-state index in [4.69, 9.17) is 4.74 Å². The molecule has 0 saturated carbocycles. The van der Waals surface area contributed by atoms with Gasteiger partial charge < -0.3 is 26.0 Å². The maximum absolute atomic E-state index is 12.8. The van der Waals surface area contributed by atoms with Crippen molar-refractivity contribution in [2.75, 3.05) is 26.2 Å². The predicted octanol–water partition coefficient (Wildman–Crippen LogP) is 0.883. The Bertz CT molecular complexity index is 903. The SMILES string of the molecule is CC(C)(C)OCCC(=O)NCC(=O)NCC(=O)N[C@@H](Cc1ccccc1)C(=O)NCC(=O)C(C)(C)C. The fourth-order valence-corrected chi connectivity index (χ4v) is 2.82. The maximum atomic E-state index is 12.8. The lowest BCUT2D eigenvalue weighted by atomic mass is 9.91. The molecule has 1 rings (SSSR count). The number of carbonyl (C=O) groups is 5. The normalized spacial score (nSPS) is 12.3. The third-order valence-corrected chi connectivity index (χ3v) is 4.95. The first-order valence-corrected chi connectivity index (χ1v) is 12.0. The summed E-state index contributed by atoms with van der Waals surface area (Å²) in [7, 11) is 0. The van der Waals surface area contributed by atoms with Gasteiger partial charge in [0.15, 0.2) is 5.78 Å². The maximum Gasteiger partial charge on any atom is 0.243 e. The molecule has 0 saturated heterocycles. The van der Waals surface area contributed by atoms with E-state index in [1.165, 1.54) is 0 Å². The highest BCUT2D eigenvalue weighted by Gasteiger charge is 2.25. The average molecular weight is 505 g/mol. The molecule has 0 unspecified atom stereocenters. The molecule has 0 aliphatic rings. The summed E-state index contributed by atoms with van der Waals surface area (Å²) < 4.78 is 5.47. The van der Waals surface area contributed by atoms with Crippen LogP contribution in [0.15, 0.2) is 30.3 Å². The number of hydrogen-bond acceptors (Lipinski definition) is 6. The Balaban J connectivity index is 2.56. The number of benzene rings is 1. The zero-order chi connectivity index (χ0) is 27.4. The van der Waals surface area contributed by atoms with E-state index in [-0.39, 0.29) is 56.4 Å². The first-order valence-electron chi connectivity index (χ1n) is 12.0. The van der Waals surface area contributed by atoms with Crippen molar-refractivity contribution in [1.29, 1.82) is 0 Å². The Hall–Kier alpha value is -3.27. The van der Waals surface area contributed by atoms with E-state index in [1.54, 1.807) is 20.8 Å². The molecule has 0 aliphatic heterocycles. The van der Waals surface area contributed by atoms with Crippen molar-refractivity contribution < 1.29 is 28.7 Å². The number of ketones is 1. The molecule has 0 spiro atoms. The second kappa shape index (κ2) is 14.3. The molecule has 0 heterocycles. The fourth-order valence-electron chi connectivity index (χ4n) is 2.82. The van der Waals surface area contributed by atoms with Gasteiger partial charge in [-0.05, 0) is 26.3 Å². The van der Waals surface area contributed by atoms with Crippen LogP contribution in [0.3, 0.4) is 0 Å². The lowest BCUT2D eigenvalue weighted by Crippen LogP contribution is -2.52. The van der Waals surface area contributed by atoms with Gasteiger partial charge in [0.25, 0.3) is 0 Å². The van der Waals surface area contributed by atoms with Crippen molar-refractivity contribution >= 4 is 29.4 Å². The highest BCUT2D eigenvalue weighted by molar-refractivity contribution is 5.94. The Morgan fingerprint density at radius 3 is 1.94 bits per heavy atom. The lowest BCUT2D eigenvalue weighted by Gasteiger charge is -2.21. The quantitative estimate of drug-likeness (QED) is 0.314. The summed E-state index contributed by atoms with van der Waals surface area (Å²) in [5.41, 5.74) is -0.144. The minimum absolute atomic E-state index is 0.110. The third kappa shape index (κ3) is 13.6. The minimum atomic E-state index is -0.938. The van der Waals surface area contributed by atoms with Crippen LogP contribution in [0.25, 0.3) is 0 Å². The number of hydrogen-bond donors (Lipinski definition) is 4. The highest BCUT2D eigenvalue weighted by Crippen LogP contribution is 2.13. The summed E-state index contributed by atoms with van der Waals surface area (Å²) in [6.45, 7) is 10.3. The molecule has 10 nitrogen and oxygen atoms in total. The van der Waals surface area contributed by atoms with Crippen LogP contribution in [0, 0.1) is 5.41 Å². The molecule has 0 bridgehead atoms. The minimum Gasteiger partial charge on any atom is -0.375 e. The van der Waals surface area contributed by atoms with Gasteiger partial charge in [-0.3, -0.25) is 24.0 Å². The summed E-state index contributed by atoms with van der Waals surface area (Å²) in [4.78, 5) is 61.2.